The smallest absolute Gasteiger partial charge is 0.345 e. The Morgan fingerprint density at radius 2 is 2.35 bits per heavy atom. The van der Waals surface area contributed by atoms with E-state index in [9.17, 15) is 4.79 Å². The topological polar surface area (TPSA) is 43.8 Å². The number of thiophene rings is 1. The number of carboxylic acid groups (broad SMARTS) is 1. The van der Waals surface area contributed by atoms with Crippen LogP contribution in [-0.4, -0.2) is 48.7 Å². The fourth-order valence-electron chi connectivity index (χ4n) is 2.23. The van der Waals surface area contributed by atoms with E-state index in [0.717, 1.165) is 31.7 Å². The summed E-state index contributed by atoms with van der Waals surface area (Å²) in [5, 5.41) is 10.9. The SMILES string of the molecule is CCC1CN(c2csc(C(=O)O)c2)CCN1C. The number of likely N-dealkylation sites (N-methyl/N-ethyl adjacent to an activating group) is 1. The zero-order chi connectivity index (χ0) is 12.4. The Labute approximate surface area is 105 Å². The van der Waals surface area contributed by atoms with Crippen molar-refractivity contribution in [2.75, 3.05) is 31.6 Å². The molecule has 1 aromatic heterocycles. The summed E-state index contributed by atoms with van der Waals surface area (Å²) >= 11 is 1.31. The van der Waals surface area contributed by atoms with Crippen molar-refractivity contribution < 1.29 is 9.90 Å². The molecular formula is C12H18N2O2S. The van der Waals surface area contributed by atoms with E-state index in [1.54, 1.807) is 6.07 Å². The molecule has 1 N–H and O–H groups in total. The molecule has 1 unspecified atom stereocenters. The molecule has 0 bridgehead atoms. The predicted octanol–water partition coefficient (Wildman–Crippen LogP) is 1.98. The van der Waals surface area contributed by atoms with Gasteiger partial charge >= 0.3 is 5.97 Å². The van der Waals surface area contributed by atoms with Crippen LogP contribution in [0, 0.1) is 0 Å². The summed E-state index contributed by atoms with van der Waals surface area (Å²) < 4.78 is 0. The second-order valence-corrected chi connectivity index (χ2v) is 5.37. The van der Waals surface area contributed by atoms with E-state index in [2.05, 4.69) is 23.8 Å². The van der Waals surface area contributed by atoms with Gasteiger partial charge in [0.25, 0.3) is 0 Å². The summed E-state index contributed by atoms with van der Waals surface area (Å²) in [6.07, 6.45) is 1.13. The summed E-state index contributed by atoms with van der Waals surface area (Å²) in [7, 11) is 2.15. The quantitative estimate of drug-likeness (QED) is 0.895. The molecule has 1 saturated heterocycles. The molecule has 17 heavy (non-hydrogen) atoms. The third kappa shape index (κ3) is 2.61. The van der Waals surface area contributed by atoms with Crippen LogP contribution in [0.4, 0.5) is 5.69 Å². The first-order valence-electron chi connectivity index (χ1n) is 5.88. The fourth-order valence-corrected chi connectivity index (χ4v) is 2.98. The molecule has 0 aliphatic carbocycles. The molecule has 1 aromatic rings. The normalized spacial score (nSPS) is 21.8. The maximum Gasteiger partial charge on any atom is 0.345 e. The highest BCUT2D eigenvalue weighted by Crippen LogP contribution is 2.25. The third-order valence-electron chi connectivity index (χ3n) is 3.41. The molecule has 0 radical (unpaired) electrons. The van der Waals surface area contributed by atoms with Gasteiger partial charge in [0.2, 0.25) is 0 Å². The lowest BCUT2D eigenvalue weighted by Gasteiger charge is -2.39. The molecule has 0 spiro atoms. The lowest BCUT2D eigenvalue weighted by molar-refractivity contribution is 0.0702. The Hall–Kier alpha value is -1.07. The summed E-state index contributed by atoms with van der Waals surface area (Å²) in [5.41, 5.74) is 1.05. The predicted molar refractivity (Wildman–Crippen MR) is 70.2 cm³/mol. The minimum Gasteiger partial charge on any atom is -0.477 e. The third-order valence-corrected chi connectivity index (χ3v) is 4.32. The van der Waals surface area contributed by atoms with Gasteiger partial charge in [0.1, 0.15) is 4.88 Å². The van der Waals surface area contributed by atoms with Gasteiger partial charge < -0.3 is 10.0 Å². The Bertz CT molecular complexity index is 405. The van der Waals surface area contributed by atoms with E-state index in [1.807, 2.05) is 5.38 Å². The Balaban J connectivity index is 2.09. The number of piperazine rings is 1. The average molecular weight is 254 g/mol. The molecule has 5 heteroatoms. The van der Waals surface area contributed by atoms with Gasteiger partial charge in [-0.2, -0.15) is 0 Å². The summed E-state index contributed by atoms with van der Waals surface area (Å²) in [4.78, 5) is 15.9. The van der Waals surface area contributed by atoms with Crippen LogP contribution in [-0.2, 0) is 0 Å². The van der Waals surface area contributed by atoms with Gasteiger partial charge in [-0.1, -0.05) is 6.92 Å². The van der Waals surface area contributed by atoms with Crippen LogP contribution in [0.25, 0.3) is 0 Å². The van der Waals surface area contributed by atoms with Crippen LogP contribution in [0.15, 0.2) is 11.4 Å². The van der Waals surface area contributed by atoms with Gasteiger partial charge in [0.15, 0.2) is 0 Å². The number of carbonyl (C=O) groups is 1. The molecule has 0 saturated carbocycles. The van der Waals surface area contributed by atoms with Gasteiger partial charge in [-0.05, 0) is 19.5 Å². The molecular weight excluding hydrogens is 236 g/mol. The molecule has 0 aromatic carbocycles. The van der Waals surface area contributed by atoms with Crippen LogP contribution in [0.5, 0.6) is 0 Å². The first-order chi connectivity index (χ1) is 8.11. The number of rotatable bonds is 3. The van der Waals surface area contributed by atoms with Crippen molar-refractivity contribution in [3.05, 3.63) is 16.3 Å². The Morgan fingerprint density at radius 3 is 2.94 bits per heavy atom. The second-order valence-electron chi connectivity index (χ2n) is 4.46. The maximum absolute atomic E-state index is 10.9. The molecule has 94 valence electrons. The second kappa shape index (κ2) is 5.06. The molecule has 0 amide bonds. The average Bonchev–Trinajstić information content (AvgIpc) is 2.79. The summed E-state index contributed by atoms with van der Waals surface area (Å²) in [6, 6.07) is 2.35. The molecule has 2 rings (SSSR count). The van der Waals surface area contributed by atoms with Crippen molar-refractivity contribution in [1.82, 2.24) is 4.90 Å². The van der Waals surface area contributed by atoms with E-state index in [4.69, 9.17) is 5.11 Å². The van der Waals surface area contributed by atoms with Gasteiger partial charge in [-0.25, -0.2) is 4.79 Å². The molecule has 1 aliphatic rings. The minimum atomic E-state index is -0.831. The van der Waals surface area contributed by atoms with Crippen molar-refractivity contribution in [1.29, 1.82) is 0 Å². The van der Waals surface area contributed by atoms with Crippen molar-refractivity contribution >= 4 is 23.0 Å². The zero-order valence-corrected chi connectivity index (χ0v) is 11.0. The van der Waals surface area contributed by atoms with Crippen LogP contribution < -0.4 is 4.90 Å². The van der Waals surface area contributed by atoms with Crippen molar-refractivity contribution in [3.8, 4) is 0 Å². The number of hydrogen-bond donors (Lipinski definition) is 1. The van der Waals surface area contributed by atoms with Gasteiger partial charge in [0, 0.05) is 36.7 Å². The number of nitrogens with zero attached hydrogens (tertiary/aromatic N) is 2. The number of carboxylic acids is 1. The highest BCUT2D eigenvalue weighted by Gasteiger charge is 2.23. The van der Waals surface area contributed by atoms with E-state index < -0.39 is 5.97 Å². The van der Waals surface area contributed by atoms with E-state index in [1.165, 1.54) is 11.3 Å². The summed E-state index contributed by atoms with van der Waals surface area (Å²) in [6.45, 7) is 5.20. The summed E-state index contributed by atoms with van der Waals surface area (Å²) in [5.74, 6) is -0.831. The lowest BCUT2D eigenvalue weighted by atomic mass is 10.1. The highest BCUT2D eigenvalue weighted by atomic mass is 32.1. The van der Waals surface area contributed by atoms with E-state index in [0.29, 0.717) is 10.9 Å². The molecule has 1 aliphatic heterocycles. The molecule has 2 heterocycles. The highest BCUT2D eigenvalue weighted by molar-refractivity contribution is 7.12. The first-order valence-corrected chi connectivity index (χ1v) is 6.76. The number of hydrogen-bond acceptors (Lipinski definition) is 4. The van der Waals surface area contributed by atoms with Crippen molar-refractivity contribution in [3.63, 3.8) is 0 Å². The maximum atomic E-state index is 10.9. The zero-order valence-electron chi connectivity index (χ0n) is 10.2. The Kier molecular flexibility index (Phi) is 3.69. The fraction of sp³-hybridized carbons (Fsp3) is 0.583. The number of anilines is 1. The lowest BCUT2D eigenvalue weighted by Crippen LogP contribution is -2.51. The van der Waals surface area contributed by atoms with Gasteiger partial charge in [-0.3, -0.25) is 4.90 Å². The molecule has 1 atom stereocenters. The standard InChI is InChI=1S/C12H18N2O2S/c1-3-9-7-14(5-4-13(9)2)10-6-11(12(15)16)17-8-10/h6,8-9H,3-5,7H2,1-2H3,(H,15,16). The van der Waals surface area contributed by atoms with Crippen molar-refractivity contribution in [2.45, 2.75) is 19.4 Å². The largest absolute Gasteiger partial charge is 0.477 e. The van der Waals surface area contributed by atoms with Crippen LogP contribution in [0.1, 0.15) is 23.0 Å². The Morgan fingerprint density at radius 1 is 1.59 bits per heavy atom. The monoisotopic (exact) mass is 254 g/mol. The van der Waals surface area contributed by atoms with Gasteiger partial charge in [0.05, 0.1) is 0 Å². The number of aromatic carboxylic acids is 1. The van der Waals surface area contributed by atoms with E-state index >= 15 is 0 Å². The van der Waals surface area contributed by atoms with Gasteiger partial charge in [-0.15, -0.1) is 11.3 Å². The van der Waals surface area contributed by atoms with Crippen LogP contribution in [0.3, 0.4) is 0 Å². The van der Waals surface area contributed by atoms with Crippen LogP contribution in [0.2, 0.25) is 0 Å². The van der Waals surface area contributed by atoms with E-state index in [-0.39, 0.29) is 0 Å². The van der Waals surface area contributed by atoms with Crippen molar-refractivity contribution in [2.24, 2.45) is 0 Å². The molecule has 4 nitrogen and oxygen atoms in total. The molecule has 1 fully saturated rings. The first kappa shape index (κ1) is 12.4. The van der Waals surface area contributed by atoms with Crippen LogP contribution >= 0.6 is 11.3 Å². The minimum absolute atomic E-state index is 0.423.